The molecule has 6 nitrogen and oxygen atoms in total. The van der Waals surface area contributed by atoms with Crippen molar-refractivity contribution in [3.05, 3.63) is 59.1 Å². The van der Waals surface area contributed by atoms with Crippen molar-refractivity contribution >= 4 is 33.2 Å². The Morgan fingerprint density at radius 2 is 1.77 bits per heavy atom. The number of nitrogens with one attached hydrogen (secondary N) is 1. The lowest BCUT2D eigenvalue weighted by atomic mass is 9.96. The number of rotatable bonds is 9. The van der Waals surface area contributed by atoms with Crippen LogP contribution < -0.4 is 14.4 Å². The zero-order valence-corrected chi connectivity index (χ0v) is 19.5. The molecule has 2 atom stereocenters. The highest BCUT2D eigenvalue weighted by Gasteiger charge is 2.31. The molecule has 0 saturated heterocycles. The molecule has 164 valence electrons. The van der Waals surface area contributed by atoms with E-state index in [-0.39, 0.29) is 17.0 Å². The standard InChI is InChI=1S/C22H29ClN2O4S/c1-15(2)13-20(17-9-7-6-8-10-17)24-22(26)16(3)25(30(5,27)28)18-11-12-21(29-4)19(23)14-18/h6-12,14-16,20H,13H2,1-5H3,(H,24,26)/t16-,20+/m0/s1. The summed E-state index contributed by atoms with van der Waals surface area (Å²) in [5.41, 5.74) is 1.27. The first-order valence-electron chi connectivity index (χ1n) is 9.72. The molecule has 0 aliphatic carbocycles. The molecule has 0 aliphatic rings. The van der Waals surface area contributed by atoms with Crippen LogP contribution in [0.3, 0.4) is 0 Å². The highest BCUT2D eigenvalue weighted by atomic mass is 35.5. The molecule has 0 aliphatic heterocycles. The Balaban J connectivity index is 2.34. The van der Waals surface area contributed by atoms with E-state index in [1.54, 1.807) is 19.1 Å². The van der Waals surface area contributed by atoms with Gasteiger partial charge in [0.2, 0.25) is 15.9 Å². The van der Waals surface area contributed by atoms with E-state index in [0.29, 0.717) is 17.4 Å². The summed E-state index contributed by atoms with van der Waals surface area (Å²) in [4.78, 5) is 13.1. The summed E-state index contributed by atoms with van der Waals surface area (Å²) < 4.78 is 31.3. The predicted octanol–water partition coefficient (Wildman–Crippen LogP) is 4.41. The monoisotopic (exact) mass is 452 g/mol. The SMILES string of the molecule is COc1ccc(N([C@@H](C)C(=O)N[C@H](CC(C)C)c2ccccc2)S(C)(=O)=O)cc1Cl. The van der Waals surface area contributed by atoms with Crippen molar-refractivity contribution < 1.29 is 17.9 Å². The van der Waals surface area contributed by atoms with Gasteiger partial charge in [0, 0.05) is 0 Å². The molecule has 8 heteroatoms. The molecule has 30 heavy (non-hydrogen) atoms. The molecule has 0 radical (unpaired) electrons. The Kier molecular flexibility index (Phi) is 8.15. The van der Waals surface area contributed by atoms with E-state index in [2.05, 4.69) is 19.2 Å². The van der Waals surface area contributed by atoms with Crippen LogP contribution in [-0.4, -0.2) is 33.7 Å². The lowest BCUT2D eigenvalue weighted by molar-refractivity contribution is -0.122. The molecule has 0 spiro atoms. The van der Waals surface area contributed by atoms with Crippen molar-refractivity contribution in [1.29, 1.82) is 0 Å². The van der Waals surface area contributed by atoms with Crippen molar-refractivity contribution in [2.75, 3.05) is 17.7 Å². The van der Waals surface area contributed by atoms with Crippen LogP contribution in [0.15, 0.2) is 48.5 Å². The van der Waals surface area contributed by atoms with Gasteiger partial charge in [-0.25, -0.2) is 8.42 Å². The topological polar surface area (TPSA) is 75.7 Å². The summed E-state index contributed by atoms with van der Waals surface area (Å²) in [5.74, 6) is 0.381. The van der Waals surface area contributed by atoms with Gasteiger partial charge in [0.05, 0.1) is 30.1 Å². The van der Waals surface area contributed by atoms with Crippen LogP contribution in [0.2, 0.25) is 5.02 Å². The third-order valence-corrected chi connectivity index (χ3v) is 6.24. The Labute approximate surface area is 184 Å². The predicted molar refractivity (Wildman–Crippen MR) is 122 cm³/mol. The molecule has 2 rings (SSSR count). The first kappa shape index (κ1) is 24.0. The van der Waals surface area contributed by atoms with Crippen molar-refractivity contribution in [2.45, 2.75) is 39.3 Å². The van der Waals surface area contributed by atoms with E-state index >= 15 is 0 Å². The van der Waals surface area contributed by atoms with Crippen LogP contribution in [0, 0.1) is 5.92 Å². The summed E-state index contributed by atoms with van der Waals surface area (Å²) in [7, 11) is -2.27. The number of sulfonamides is 1. The molecule has 1 N–H and O–H groups in total. The van der Waals surface area contributed by atoms with Crippen molar-refractivity contribution in [3.8, 4) is 5.75 Å². The third kappa shape index (κ3) is 6.12. The summed E-state index contributed by atoms with van der Waals surface area (Å²) in [6.07, 6.45) is 1.80. The summed E-state index contributed by atoms with van der Waals surface area (Å²) in [6, 6.07) is 13.1. The number of amides is 1. The number of hydrogen-bond donors (Lipinski definition) is 1. The lowest BCUT2D eigenvalue weighted by Gasteiger charge is -2.30. The fourth-order valence-corrected chi connectivity index (χ4v) is 4.75. The van der Waals surface area contributed by atoms with E-state index < -0.39 is 16.1 Å². The van der Waals surface area contributed by atoms with Gasteiger partial charge in [-0.05, 0) is 43.0 Å². The summed E-state index contributed by atoms with van der Waals surface area (Å²) in [6.45, 7) is 5.72. The quantitative estimate of drug-likeness (QED) is 0.611. The Morgan fingerprint density at radius 1 is 1.13 bits per heavy atom. The zero-order valence-electron chi connectivity index (χ0n) is 17.9. The number of methoxy groups -OCH3 is 1. The minimum Gasteiger partial charge on any atom is -0.495 e. The van der Waals surface area contributed by atoms with Gasteiger partial charge in [0.1, 0.15) is 11.8 Å². The molecule has 0 unspecified atom stereocenters. The number of anilines is 1. The lowest BCUT2D eigenvalue weighted by Crippen LogP contribution is -2.48. The van der Waals surface area contributed by atoms with Gasteiger partial charge in [0.15, 0.2) is 0 Å². The van der Waals surface area contributed by atoms with Crippen LogP contribution in [0.1, 0.15) is 38.8 Å². The number of carbonyl (C=O) groups is 1. The number of halogens is 1. The van der Waals surface area contributed by atoms with Gasteiger partial charge >= 0.3 is 0 Å². The third-order valence-electron chi connectivity index (χ3n) is 4.70. The molecule has 0 bridgehead atoms. The van der Waals surface area contributed by atoms with E-state index in [1.165, 1.54) is 13.2 Å². The van der Waals surface area contributed by atoms with Crippen LogP contribution in [0.5, 0.6) is 5.75 Å². The number of hydrogen-bond acceptors (Lipinski definition) is 4. The summed E-state index contributed by atoms with van der Waals surface area (Å²) in [5, 5.41) is 3.28. The van der Waals surface area contributed by atoms with Crippen LogP contribution in [0.25, 0.3) is 0 Å². The minimum absolute atomic E-state index is 0.220. The Morgan fingerprint density at radius 3 is 2.27 bits per heavy atom. The molecule has 0 saturated carbocycles. The number of carbonyl (C=O) groups excluding carboxylic acids is 1. The average Bonchev–Trinajstić information content (AvgIpc) is 2.67. The Bertz CT molecular complexity index is 964. The minimum atomic E-state index is -3.75. The molecule has 1 amide bonds. The first-order valence-corrected chi connectivity index (χ1v) is 12.0. The van der Waals surface area contributed by atoms with E-state index in [0.717, 1.165) is 22.5 Å². The van der Waals surface area contributed by atoms with Gasteiger partial charge in [-0.3, -0.25) is 9.10 Å². The van der Waals surface area contributed by atoms with Crippen molar-refractivity contribution in [2.24, 2.45) is 5.92 Å². The highest BCUT2D eigenvalue weighted by molar-refractivity contribution is 7.92. The molecule has 0 aromatic heterocycles. The van der Waals surface area contributed by atoms with E-state index in [9.17, 15) is 13.2 Å². The molecular weight excluding hydrogens is 424 g/mol. The second kappa shape index (κ2) is 10.2. The van der Waals surface area contributed by atoms with Gasteiger partial charge in [-0.2, -0.15) is 0 Å². The van der Waals surface area contributed by atoms with Crippen molar-refractivity contribution in [1.82, 2.24) is 5.32 Å². The molecule has 0 heterocycles. The summed E-state index contributed by atoms with van der Waals surface area (Å²) >= 11 is 6.18. The normalized spacial score (nSPS) is 13.6. The fraction of sp³-hybridized carbons (Fsp3) is 0.409. The maximum atomic E-state index is 13.1. The molecular formula is C22H29ClN2O4S. The second-order valence-corrected chi connectivity index (χ2v) is 9.92. The second-order valence-electron chi connectivity index (χ2n) is 7.66. The molecule has 0 fully saturated rings. The molecule has 2 aromatic rings. The maximum absolute atomic E-state index is 13.1. The van der Waals surface area contributed by atoms with Crippen molar-refractivity contribution in [3.63, 3.8) is 0 Å². The van der Waals surface area contributed by atoms with E-state index in [1.807, 2.05) is 30.3 Å². The highest BCUT2D eigenvalue weighted by Crippen LogP contribution is 2.31. The number of benzene rings is 2. The average molecular weight is 453 g/mol. The zero-order chi connectivity index (χ0) is 22.5. The fourth-order valence-electron chi connectivity index (χ4n) is 3.33. The maximum Gasteiger partial charge on any atom is 0.244 e. The molecule has 2 aromatic carbocycles. The van der Waals surface area contributed by atoms with Gasteiger partial charge in [-0.15, -0.1) is 0 Å². The first-order chi connectivity index (χ1) is 14.0. The van der Waals surface area contributed by atoms with E-state index in [4.69, 9.17) is 16.3 Å². The van der Waals surface area contributed by atoms with Crippen LogP contribution >= 0.6 is 11.6 Å². The van der Waals surface area contributed by atoms with Crippen LogP contribution in [-0.2, 0) is 14.8 Å². The van der Waals surface area contributed by atoms with Crippen LogP contribution in [0.4, 0.5) is 5.69 Å². The largest absolute Gasteiger partial charge is 0.495 e. The van der Waals surface area contributed by atoms with Gasteiger partial charge in [0.25, 0.3) is 0 Å². The number of nitrogens with zero attached hydrogens (tertiary/aromatic N) is 1. The Hall–Kier alpha value is -2.25. The number of ether oxygens (including phenoxy) is 1. The van der Waals surface area contributed by atoms with Gasteiger partial charge < -0.3 is 10.1 Å². The smallest absolute Gasteiger partial charge is 0.244 e. The van der Waals surface area contributed by atoms with Gasteiger partial charge in [-0.1, -0.05) is 55.8 Å².